The van der Waals surface area contributed by atoms with Crippen LogP contribution in [0.1, 0.15) is 65.2 Å². The van der Waals surface area contributed by atoms with E-state index in [1.807, 2.05) is 0 Å². The molecule has 1 amide bonds. The number of carbonyl (C=O) groups excluding carboxylic acids is 1. The van der Waals surface area contributed by atoms with Gasteiger partial charge in [-0.15, -0.1) is 12.4 Å². The fourth-order valence-electron chi connectivity index (χ4n) is 5.26. The number of nitrogens with two attached hydrogens (primary N) is 1. The summed E-state index contributed by atoms with van der Waals surface area (Å²) in [6.45, 7) is 6.62. The van der Waals surface area contributed by atoms with Gasteiger partial charge in [0.1, 0.15) is 0 Å². The largest absolute Gasteiger partial charge is 0.342 e. The molecule has 3 atom stereocenters. The van der Waals surface area contributed by atoms with Crippen molar-refractivity contribution >= 4 is 18.3 Å². The van der Waals surface area contributed by atoms with Crippen molar-refractivity contribution in [1.82, 2.24) is 4.90 Å². The van der Waals surface area contributed by atoms with Crippen LogP contribution in [0.2, 0.25) is 0 Å². The van der Waals surface area contributed by atoms with Gasteiger partial charge in [-0.2, -0.15) is 0 Å². The van der Waals surface area contributed by atoms with E-state index in [0.29, 0.717) is 23.8 Å². The molecule has 4 heteroatoms. The van der Waals surface area contributed by atoms with Gasteiger partial charge in [-0.05, 0) is 68.6 Å². The normalized spacial score (nSPS) is 37.9. The highest BCUT2D eigenvalue weighted by Crippen LogP contribution is 2.42. The molecular weight excluding hydrogens is 308 g/mol. The van der Waals surface area contributed by atoms with E-state index in [4.69, 9.17) is 5.73 Å². The van der Waals surface area contributed by atoms with Crippen molar-refractivity contribution in [2.24, 2.45) is 35.3 Å². The lowest BCUT2D eigenvalue weighted by atomic mass is 9.65. The molecule has 0 aromatic carbocycles. The topological polar surface area (TPSA) is 46.3 Å². The van der Waals surface area contributed by atoms with E-state index in [-0.39, 0.29) is 18.3 Å². The van der Waals surface area contributed by atoms with Gasteiger partial charge in [0, 0.05) is 25.0 Å². The highest BCUT2D eigenvalue weighted by atomic mass is 35.5. The van der Waals surface area contributed by atoms with E-state index in [1.54, 1.807) is 0 Å². The van der Waals surface area contributed by atoms with Gasteiger partial charge in [0.2, 0.25) is 5.91 Å². The fourth-order valence-corrected chi connectivity index (χ4v) is 5.26. The van der Waals surface area contributed by atoms with E-state index in [2.05, 4.69) is 18.7 Å². The van der Waals surface area contributed by atoms with Crippen molar-refractivity contribution in [3.8, 4) is 0 Å². The lowest BCUT2D eigenvalue weighted by Crippen LogP contribution is -2.49. The van der Waals surface area contributed by atoms with Crippen molar-refractivity contribution in [2.75, 3.05) is 13.1 Å². The maximum Gasteiger partial charge on any atom is 0.225 e. The molecule has 2 N–H and O–H groups in total. The van der Waals surface area contributed by atoms with Gasteiger partial charge in [-0.3, -0.25) is 4.79 Å². The molecular formula is C19H35ClN2O. The van der Waals surface area contributed by atoms with E-state index in [1.165, 1.54) is 38.5 Å². The molecule has 0 radical (unpaired) electrons. The Labute approximate surface area is 148 Å². The van der Waals surface area contributed by atoms with Crippen LogP contribution in [0.4, 0.5) is 0 Å². The monoisotopic (exact) mass is 342 g/mol. The summed E-state index contributed by atoms with van der Waals surface area (Å²) < 4.78 is 0. The van der Waals surface area contributed by atoms with Crippen LogP contribution in [0.5, 0.6) is 0 Å². The quantitative estimate of drug-likeness (QED) is 0.828. The third kappa shape index (κ3) is 4.22. The number of fused-ring (bicyclic) bond motifs is 2. The number of amides is 1. The van der Waals surface area contributed by atoms with E-state index < -0.39 is 0 Å². The van der Waals surface area contributed by atoms with Crippen molar-refractivity contribution < 1.29 is 4.79 Å². The molecule has 2 aliphatic carbocycles. The molecule has 0 spiro atoms. The van der Waals surface area contributed by atoms with Crippen molar-refractivity contribution in [3.05, 3.63) is 0 Å². The van der Waals surface area contributed by atoms with Crippen LogP contribution in [-0.2, 0) is 4.79 Å². The molecule has 3 fully saturated rings. The minimum absolute atomic E-state index is 0. The number of carbonyl (C=O) groups is 1. The summed E-state index contributed by atoms with van der Waals surface area (Å²) in [5.74, 6) is 3.49. The Morgan fingerprint density at radius 2 is 1.65 bits per heavy atom. The third-order valence-corrected chi connectivity index (χ3v) is 6.79. The van der Waals surface area contributed by atoms with Gasteiger partial charge in [0.25, 0.3) is 0 Å². The first-order valence-electron chi connectivity index (χ1n) is 9.60. The highest BCUT2D eigenvalue weighted by Gasteiger charge is 2.41. The minimum atomic E-state index is 0. The highest BCUT2D eigenvalue weighted by molar-refractivity contribution is 5.85. The number of hydrogen-bond acceptors (Lipinski definition) is 2. The van der Waals surface area contributed by atoms with Gasteiger partial charge in [0.05, 0.1) is 0 Å². The fraction of sp³-hybridized carbons (Fsp3) is 0.947. The Kier molecular flexibility index (Phi) is 6.79. The molecule has 23 heavy (non-hydrogen) atoms. The molecule has 1 heterocycles. The Balaban J connectivity index is 0.00000192. The maximum absolute atomic E-state index is 13.0. The van der Waals surface area contributed by atoms with Gasteiger partial charge >= 0.3 is 0 Å². The molecule has 3 unspecified atom stereocenters. The first kappa shape index (κ1) is 19.1. The molecule has 3 rings (SSSR count). The molecule has 2 saturated carbocycles. The average molecular weight is 343 g/mol. The number of rotatable bonds is 2. The van der Waals surface area contributed by atoms with E-state index >= 15 is 0 Å². The molecule has 134 valence electrons. The van der Waals surface area contributed by atoms with Gasteiger partial charge in [-0.25, -0.2) is 0 Å². The molecule has 1 saturated heterocycles. The molecule has 3 nitrogen and oxygen atoms in total. The summed E-state index contributed by atoms with van der Waals surface area (Å²) in [6.07, 6.45) is 9.61. The Hall–Kier alpha value is -0.280. The van der Waals surface area contributed by atoms with Crippen molar-refractivity contribution in [3.63, 3.8) is 0 Å². The molecule has 1 aliphatic heterocycles. The second-order valence-electron chi connectivity index (χ2n) is 8.46. The van der Waals surface area contributed by atoms with Crippen molar-refractivity contribution in [2.45, 2.75) is 71.3 Å². The number of halogens is 1. The third-order valence-electron chi connectivity index (χ3n) is 6.79. The van der Waals surface area contributed by atoms with Crippen LogP contribution < -0.4 is 5.73 Å². The van der Waals surface area contributed by atoms with Gasteiger partial charge < -0.3 is 10.6 Å². The maximum atomic E-state index is 13.0. The summed E-state index contributed by atoms with van der Waals surface area (Å²) >= 11 is 0. The van der Waals surface area contributed by atoms with Gasteiger partial charge in [0.15, 0.2) is 0 Å². The van der Waals surface area contributed by atoms with E-state index in [9.17, 15) is 4.79 Å². The zero-order chi connectivity index (χ0) is 15.7. The zero-order valence-electron chi connectivity index (χ0n) is 14.9. The van der Waals surface area contributed by atoms with Crippen LogP contribution in [-0.4, -0.2) is 29.9 Å². The number of nitrogens with zero attached hydrogens (tertiary/aromatic N) is 1. The zero-order valence-corrected chi connectivity index (χ0v) is 15.7. The summed E-state index contributed by atoms with van der Waals surface area (Å²) in [5, 5.41) is 0. The lowest BCUT2D eigenvalue weighted by molar-refractivity contribution is -0.138. The average Bonchev–Trinajstić information content (AvgIpc) is 2.72. The predicted molar refractivity (Wildman–Crippen MR) is 97.5 cm³/mol. The van der Waals surface area contributed by atoms with Crippen LogP contribution in [0.3, 0.4) is 0 Å². The summed E-state index contributed by atoms with van der Waals surface area (Å²) in [6, 6.07) is 0.368. The molecule has 3 aliphatic rings. The predicted octanol–water partition coefficient (Wildman–Crippen LogP) is 3.85. The smallest absolute Gasteiger partial charge is 0.225 e. The summed E-state index contributed by atoms with van der Waals surface area (Å²) in [4.78, 5) is 15.2. The summed E-state index contributed by atoms with van der Waals surface area (Å²) in [7, 11) is 0. The molecule has 0 aromatic rings. The van der Waals surface area contributed by atoms with E-state index in [0.717, 1.165) is 37.8 Å². The van der Waals surface area contributed by atoms with Crippen LogP contribution >= 0.6 is 12.4 Å². The molecule has 0 aromatic heterocycles. The SMILES string of the molecule is CC(C)C1CCCN(C(=O)C2CC3CCCC(C2)C3N)CC1.Cl. The van der Waals surface area contributed by atoms with Crippen molar-refractivity contribution in [1.29, 1.82) is 0 Å². The lowest BCUT2D eigenvalue weighted by Gasteiger charge is -2.44. The standard InChI is InChI=1S/C19H34N2O.ClH/c1-13(2)14-7-4-9-21(10-8-14)19(22)17-11-15-5-3-6-16(12-17)18(15)20;/h13-18H,3-12,20H2,1-2H3;1H. The van der Waals surface area contributed by atoms with Gasteiger partial charge in [-0.1, -0.05) is 20.3 Å². The second kappa shape index (κ2) is 8.20. The van der Waals surface area contributed by atoms with Crippen LogP contribution in [0, 0.1) is 29.6 Å². The number of hydrogen-bond donors (Lipinski definition) is 1. The molecule has 2 bridgehead atoms. The Morgan fingerprint density at radius 3 is 2.26 bits per heavy atom. The Bertz CT molecular complexity index is 387. The van der Waals surface area contributed by atoms with Crippen LogP contribution in [0.15, 0.2) is 0 Å². The Morgan fingerprint density at radius 1 is 1.00 bits per heavy atom. The second-order valence-corrected chi connectivity index (χ2v) is 8.46. The first-order valence-corrected chi connectivity index (χ1v) is 9.60. The van der Waals surface area contributed by atoms with Crippen LogP contribution in [0.25, 0.3) is 0 Å². The first-order chi connectivity index (χ1) is 10.6. The number of likely N-dealkylation sites (tertiary alicyclic amines) is 1. The minimum Gasteiger partial charge on any atom is -0.342 e. The summed E-state index contributed by atoms with van der Waals surface area (Å²) in [5.41, 5.74) is 6.38.